The van der Waals surface area contributed by atoms with Gasteiger partial charge in [0, 0.05) is 61.4 Å². The minimum atomic E-state index is -3.26. The monoisotopic (exact) mass is 536 g/mol. The Balaban J connectivity index is 1.53. The number of anilines is 1. The summed E-state index contributed by atoms with van der Waals surface area (Å²) in [4.78, 5) is 26.7. The molecule has 5 rings (SSSR count). The molecule has 0 saturated carbocycles. The van der Waals surface area contributed by atoms with Gasteiger partial charge in [-0.25, -0.2) is 9.97 Å². The standard InChI is InChI=1S/C26H26F2N8O3/c1-33(2)15-18-6-5-13-35(18)17-8-10-26(36(37)38,22(14-17)39-24(27)28)32-25-30-12-9-20(31-25)19-16-34(3)21-7-4-11-29-23(19)21/h4-14,16,22,24H,15H2,1-3H3,(H,30,31,32). The highest BCUT2D eigenvalue weighted by molar-refractivity contribution is 5.91. The second kappa shape index (κ2) is 10.3. The summed E-state index contributed by atoms with van der Waals surface area (Å²) in [5.41, 5.74) is 1.74. The van der Waals surface area contributed by atoms with E-state index in [4.69, 9.17) is 4.74 Å². The van der Waals surface area contributed by atoms with Crippen LogP contribution in [0.3, 0.4) is 0 Å². The molecular weight excluding hydrogens is 510 g/mol. The van der Waals surface area contributed by atoms with Crippen molar-refractivity contribution in [2.24, 2.45) is 7.05 Å². The van der Waals surface area contributed by atoms with Gasteiger partial charge >= 0.3 is 12.3 Å². The number of nitrogens with one attached hydrogen (secondary N) is 1. The molecule has 1 N–H and O–H groups in total. The molecule has 2 unspecified atom stereocenters. The van der Waals surface area contributed by atoms with Crippen molar-refractivity contribution in [2.45, 2.75) is 24.9 Å². The molecular formula is C26H26F2N8O3. The lowest BCUT2D eigenvalue weighted by Crippen LogP contribution is -2.56. The first-order valence-electron chi connectivity index (χ1n) is 12.0. The number of ether oxygens (including phenoxy) is 1. The van der Waals surface area contributed by atoms with E-state index in [1.54, 1.807) is 23.0 Å². The number of hydrogen-bond acceptors (Lipinski definition) is 8. The largest absolute Gasteiger partial charge is 0.349 e. The third-order valence-electron chi connectivity index (χ3n) is 6.39. The summed E-state index contributed by atoms with van der Waals surface area (Å²) in [6.07, 6.45) is 9.01. The predicted molar refractivity (Wildman–Crippen MR) is 141 cm³/mol. The molecule has 0 radical (unpaired) electrons. The molecule has 202 valence electrons. The van der Waals surface area contributed by atoms with Crippen LogP contribution in [0.15, 0.2) is 73.3 Å². The molecule has 4 heterocycles. The first-order chi connectivity index (χ1) is 18.7. The number of pyridine rings is 1. The zero-order chi connectivity index (χ0) is 27.7. The second-order valence-electron chi connectivity index (χ2n) is 9.35. The Morgan fingerprint density at radius 2 is 2.05 bits per heavy atom. The first-order valence-corrected chi connectivity index (χ1v) is 12.0. The number of aromatic nitrogens is 5. The Kier molecular flexibility index (Phi) is 6.93. The number of allylic oxidation sites excluding steroid dienone is 2. The lowest BCUT2D eigenvalue weighted by Gasteiger charge is -2.32. The van der Waals surface area contributed by atoms with E-state index < -0.39 is 23.3 Å². The van der Waals surface area contributed by atoms with Gasteiger partial charge < -0.3 is 18.8 Å². The van der Waals surface area contributed by atoms with Crippen molar-refractivity contribution < 1.29 is 18.4 Å². The molecule has 2 atom stereocenters. The van der Waals surface area contributed by atoms with Gasteiger partial charge in [0.25, 0.3) is 0 Å². The van der Waals surface area contributed by atoms with Crippen molar-refractivity contribution in [2.75, 3.05) is 19.4 Å². The van der Waals surface area contributed by atoms with E-state index >= 15 is 0 Å². The number of rotatable bonds is 9. The Bertz CT molecular complexity index is 1580. The number of alkyl halides is 2. The average Bonchev–Trinajstić information content (AvgIpc) is 3.49. The number of halogens is 2. The number of nitro groups is 1. The third-order valence-corrected chi connectivity index (χ3v) is 6.39. The molecule has 0 spiro atoms. The lowest BCUT2D eigenvalue weighted by molar-refractivity contribution is -0.560. The van der Waals surface area contributed by atoms with Crippen molar-refractivity contribution in [3.05, 3.63) is 89.2 Å². The molecule has 0 aromatic carbocycles. The fourth-order valence-corrected chi connectivity index (χ4v) is 4.65. The van der Waals surface area contributed by atoms with E-state index in [2.05, 4.69) is 20.3 Å². The van der Waals surface area contributed by atoms with Gasteiger partial charge in [-0.05, 0) is 56.6 Å². The summed E-state index contributed by atoms with van der Waals surface area (Å²) in [6, 6.07) is 9.06. The van der Waals surface area contributed by atoms with Crippen molar-refractivity contribution in [1.82, 2.24) is 29.0 Å². The highest BCUT2D eigenvalue weighted by Gasteiger charge is 2.52. The Hall–Kier alpha value is -4.49. The zero-order valence-corrected chi connectivity index (χ0v) is 21.4. The average molecular weight is 537 g/mol. The van der Waals surface area contributed by atoms with E-state index in [1.807, 2.05) is 61.1 Å². The van der Waals surface area contributed by atoms with Crippen LogP contribution < -0.4 is 5.32 Å². The normalized spacial score (nSPS) is 19.2. The zero-order valence-electron chi connectivity index (χ0n) is 21.4. The highest BCUT2D eigenvalue weighted by atomic mass is 19.3. The molecule has 0 aliphatic heterocycles. The van der Waals surface area contributed by atoms with E-state index in [1.165, 1.54) is 24.4 Å². The Labute approximate surface area is 222 Å². The van der Waals surface area contributed by atoms with Crippen LogP contribution >= 0.6 is 0 Å². The molecule has 0 fully saturated rings. The van der Waals surface area contributed by atoms with Gasteiger partial charge in [0.2, 0.25) is 5.95 Å². The van der Waals surface area contributed by atoms with Crippen LogP contribution in [0.4, 0.5) is 14.7 Å². The maximum atomic E-state index is 13.5. The van der Waals surface area contributed by atoms with Gasteiger partial charge in [0.1, 0.15) is 0 Å². The summed E-state index contributed by atoms with van der Waals surface area (Å²) in [5.74, 6) is -0.129. The van der Waals surface area contributed by atoms with Crippen LogP contribution in [0.2, 0.25) is 0 Å². The minimum Gasteiger partial charge on any atom is -0.349 e. The first kappa shape index (κ1) is 26.1. The van der Waals surface area contributed by atoms with Crippen LogP contribution in [0.25, 0.3) is 28.0 Å². The van der Waals surface area contributed by atoms with E-state index in [-0.39, 0.29) is 5.95 Å². The third kappa shape index (κ3) is 5.01. The molecule has 13 heteroatoms. The molecule has 4 aromatic heterocycles. The number of aryl methyl sites for hydroxylation is 1. The van der Waals surface area contributed by atoms with Gasteiger partial charge in [-0.3, -0.25) is 20.4 Å². The van der Waals surface area contributed by atoms with Crippen molar-refractivity contribution in [1.29, 1.82) is 0 Å². The van der Waals surface area contributed by atoms with Crippen LogP contribution in [0, 0.1) is 10.1 Å². The van der Waals surface area contributed by atoms with Gasteiger partial charge in [-0.15, -0.1) is 0 Å². The van der Waals surface area contributed by atoms with Crippen molar-refractivity contribution in [3.63, 3.8) is 0 Å². The summed E-state index contributed by atoms with van der Waals surface area (Å²) in [5, 5.41) is 15.1. The van der Waals surface area contributed by atoms with Gasteiger partial charge in [0.05, 0.1) is 21.7 Å². The van der Waals surface area contributed by atoms with Crippen LogP contribution in [0.5, 0.6) is 0 Å². The minimum absolute atomic E-state index is 0.129. The molecule has 1 aliphatic carbocycles. The summed E-state index contributed by atoms with van der Waals surface area (Å²) < 4.78 is 35.6. The Morgan fingerprint density at radius 1 is 1.23 bits per heavy atom. The number of hydrogen-bond donors (Lipinski definition) is 1. The maximum absolute atomic E-state index is 13.5. The molecule has 0 bridgehead atoms. The van der Waals surface area contributed by atoms with E-state index in [0.29, 0.717) is 29.0 Å². The van der Waals surface area contributed by atoms with E-state index in [0.717, 1.165) is 11.2 Å². The molecule has 11 nitrogen and oxygen atoms in total. The molecule has 0 amide bonds. The van der Waals surface area contributed by atoms with Crippen molar-refractivity contribution >= 4 is 22.7 Å². The maximum Gasteiger partial charge on any atom is 0.346 e. The Morgan fingerprint density at radius 3 is 2.79 bits per heavy atom. The summed E-state index contributed by atoms with van der Waals surface area (Å²) in [7, 11) is 5.66. The number of nitrogens with zero attached hydrogens (tertiary/aromatic N) is 7. The smallest absolute Gasteiger partial charge is 0.346 e. The topological polar surface area (TPSA) is 116 Å². The van der Waals surface area contributed by atoms with Crippen molar-refractivity contribution in [3.8, 4) is 11.3 Å². The molecule has 1 aliphatic rings. The fraction of sp³-hybridized carbons (Fsp3) is 0.269. The van der Waals surface area contributed by atoms with Gasteiger partial charge in [0.15, 0.2) is 6.10 Å². The fourth-order valence-electron chi connectivity index (χ4n) is 4.65. The van der Waals surface area contributed by atoms with Gasteiger partial charge in [-0.1, -0.05) is 0 Å². The molecule has 39 heavy (non-hydrogen) atoms. The summed E-state index contributed by atoms with van der Waals surface area (Å²) in [6.45, 7) is -2.69. The lowest BCUT2D eigenvalue weighted by atomic mass is 9.96. The van der Waals surface area contributed by atoms with E-state index in [9.17, 15) is 18.9 Å². The summed E-state index contributed by atoms with van der Waals surface area (Å²) >= 11 is 0. The van der Waals surface area contributed by atoms with Crippen LogP contribution in [-0.2, 0) is 18.3 Å². The number of fused-ring (bicyclic) bond motifs is 1. The van der Waals surface area contributed by atoms with Gasteiger partial charge in [-0.2, -0.15) is 8.78 Å². The predicted octanol–water partition coefficient (Wildman–Crippen LogP) is 4.00. The van der Waals surface area contributed by atoms with Crippen LogP contribution in [0.1, 0.15) is 5.69 Å². The SMILES string of the molecule is CN(C)Cc1cccn1C1=CC(OC(F)F)C(Nc2nccc(-c3cn(C)c4cccnc34)n2)([N+](=O)[O-])C=C1. The molecule has 4 aromatic rings. The highest BCUT2D eigenvalue weighted by Crippen LogP contribution is 2.33. The van der Waals surface area contributed by atoms with Crippen LogP contribution in [-0.4, -0.2) is 66.4 Å². The quantitative estimate of drug-likeness (QED) is 0.194. The molecule has 0 saturated heterocycles. The second-order valence-corrected chi connectivity index (χ2v) is 9.35.